The van der Waals surface area contributed by atoms with Gasteiger partial charge >= 0.3 is 0 Å². The van der Waals surface area contributed by atoms with E-state index in [1.54, 1.807) is 0 Å². The molecule has 76 valence electrons. The van der Waals surface area contributed by atoms with Crippen molar-refractivity contribution in [2.24, 2.45) is 17.3 Å². The van der Waals surface area contributed by atoms with Crippen LogP contribution in [0.4, 0.5) is 0 Å². The van der Waals surface area contributed by atoms with Crippen LogP contribution < -0.4 is 5.32 Å². The summed E-state index contributed by atoms with van der Waals surface area (Å²) in [4.78, 5) is 0. The lowest BCUT2D eigenvalue weighted by molar-refractivity contribution is 0.0687. The van der Waals surface area contributed by atoms with E-state index in [-0.39, 0.29) is 0 Å². The van der Waals surface area contributed by atoms with Crippen molar-refractivity contribution >= 4 is 0 Å². The van der Waals surface area contributed by atoms with Crippen molar-refractivity contribution in [2.45, 2.75) is 46.0 Å². The molecule has 0 aromatic rings. The van der Waals surface area contributed by atoms with Gasteiger partial charge in [-0.15, -0.1) is 0 Å². The molecule has 2 aliphatic rings. The maximum atomic E-state index is 3.53. The molecule has 1 heteroatoms. The predicted molar refractivity (Wildman–Crippen MR) is 56.7 cm³/mol. The Morgan fingerprint density at radius 3 is 2.92 bits per heavy atom. The van der Waals surface area contributed by atoms with Gasteiger partial charge in [-0.2, -0.15) is 0 Å². The van der Waals surface area contributed by atoms with E-state index in [2.05, 4.69) is 19.2 Å². The van der Waals surface area contributed by atoms with Crippen LogP contribution in [0.2, 0.25) is 0 Å². The summed E-state index contributed by atoms with van der Waals surface area (Å²) in [5, 5.41) is 3.53. The lowest BCUT2D eigenvalue weighted by Gasteiger charge is -2.44. The molecule has 0 amide bonds. The van der Waals surface area contributed by atoms with E-state index in [0.717, 1.165) is 17.3 Å². The summed E-state index contributed by atoms with van der Waals surface area (Å²) >= 11 is 0. The van der Waals surface area contributed by atoms with Crippen molar-refractivity contribution in [2.75, 3.05) is 13.1 Å². The Balaban J connectivity index is 2.15. The second-order valence-electron chi connectivity index (χ2n) is 5.09. The van der Waals surface area contributed by atoms with Crippen LogP contribution in [0.1, 0.15) is 46.0 Å². The van der Waals surface area contributed by atoms with Crippen LogP contribution in [0.25, 0.3) is 0 Å². The van der Waals surface area contributed by atoms with Gasteiger partial charge in [0.2, 0.25) is 0 Å². The smallest absolute Gasteiger partial charge is 0.00177 e. The lowest BCUT2D eigenvalue weighted by Crippen LogP contribution is -2.45. The first-order valence-electron chi connectivity index (χ1n) is 6.00. The molecule has 3 atom stereocenters. The van der Waals surface area contributed by atoms with Crippen molar-refractivity contribution in [1.82, 2.24) is 5.32 Å². The second kappa shape index (κ2) is 3.61. The summed E-state index contributed by atoms with van der Waals surface area (Å²) in [5.41, 5.74) is 0.736. The number of nitrogens with one attached hydrogen (secondary N) is 1. The molecule has 1 N–H and O–H groups in total. The van der Waals surface area contributed by atoms with E-state index in [0.29, 0.717) is 0 Å². The van der Waals surface area contributed by atoms with Gasteiger partial charge in [-0.3, -0.25) is 0 Å². The van der Waals surface area contributed by atoms with Crippen molar-refractivity contribution < 1.29 is 0 Å². The van der Waals surface area contributed by atoms with E-state index in [1.165, 1.54) is 45.2 Å². The van der Waals surface area contributed by atoms with Crippen molar-refractivity contribution in [3.63, 3.8) is 0 Å². The first-order valence-corrected chi connectivity index (χ1v) is 6.00. The van der Waals surface area contributed by atoms with Crippen LogP contribution >= 0.6 is 0 Å². The Kier molecular flexibility index (Phi) is 2.64. The summed E-state index contributed by atoms with van der Waals surface area (Å²) in [7, 11) is 0. The minimum atomic E-state index is 0.736. The standard InChI is InChI=1S/C12H23N/c1-3-11-5-4-6-12(11)7-8-13-9-10(12)2/h10-11,13H,3-9H2,1-2H3. The average Bonchev–Trinajstić information content (AvgIpc) is 2.55. The summed E-state index contributed by atoms with van der Waals surface area (Å²) in [6.07, 6.45) is 7.34. The lowest BCUT2D eigenvalue weighted by atomic mass is 9.64. The first-order chi connectivity index (χ1) is 6.29. The highest BCUT2D eigenvalue weighted by molar-refractivity contribution is 4.97. The molecule has 2 rings (SSSR count). The fourth-order valence-corrected chi connectivity index (χ4v) is 3.85. The third-order valence-corrected chi connectivity index (χ3v) is 4.70. The highest BCUT2D eigenvalue weighted by Gasteiger charge is 2.46. The molecular weight excluding hydrogens is 158 g/mol. The maximum Gasteiger partial charge on any atom is -0.00177 e. The van der Waals surface area contributed by atoms with Crippen LogP contribution in [-0.2, 0) is 0 Å². The monoisotopic (exact) mass is 181 g/mol. The third-order valence-electron chi connectivity index (χ3n) is 4.70. The molecule has 1 heterocycles. The van der Waals surface area contributed by atoms with Gasteiger partial charge in [-0.1, -0.05) is 26.7 Å². The van der Waals surface area contributed by atoms with Gasteiger partial charge < -0.3 is 5.32 Å². The molecule has 1 saturated heterocycles. The molecule has 2 fully saturated rings. The Labute approximate surface area is 82.3 Å². The van der Waals surface area contributed by atoms with E-state index >= 15 is 0 Å². The summed E-state index contributed by atoms with van der Waals surface area (Å²) in [5.74, 6) is 1.94. The summed E-state index contributed by atoms with van der Waals surface area (Å²) in [6, 6.07) is 0. The Morgan fingerprint density at radius 1 is 1.38 bits per heavy atom. The molecule has 0 aromatic heterocycles. The first kappa shape index (κ1) is 9.51. The second-order valence-corrected chi connectivity index (χ2v) is 5.09. The van der Waals surface area contributed by atoms with E-state index in [1.807, 2.05) is 0 Å². The molecule has 1 aliphatic heterocycles. The molecule has 0 aromatic carbocycles. The van der Waals surface area contributed by atoms with Crippen LogP contribution in [0.3, 0.4) is 0 Å². The van der Waals surface area contributed by atoms with E-state index in [9.17, 15) is 0 Å². The topological polar surface area (TPSA) is 12.0 Å². The molecular formula is C12H23N. The molecule has 3 unspecified atom stereocenters. The van der Waals surface area contributed by atoms with E-state index in [4.69, 9.17) is 0 Å². The number of rotatable bonds is 1. The van der Waals surface area contributed by atoms with Crippen molar-refractivity contribution in [3.8, 4) is 0 Å². The summed E-state index contributed by atoms with van der Waals surface area (Å²) < 4.78 is 0. The van der Waals surface area contributed by atoms with E-state index < -0.39 is 0 Å². The van der Waals surface area contributed by atoms with Crippen molar-refractivity contribution in [1.29, 1.82) is 0 Å². The zero-order valence-electron chi connectivity index (χ0n) is 9.10. The Morgan fingerprint density at radius 2 is 2.23 bits per heavy atom. The highest BCUT2D eigenvalue weighted by atomic mass is 14.9. The fraction of sp³-hybridized carbons (Fsp3) is 1.00. The van der Waals surface area contributed by atoms with Crippen LogP contribution in [0.15, 0.2) is 0 Å². The minimum absolute atomic E-state index is 0.736. The van der Waals surface area contributed by atoms with Gasteiger partial charge in [0.1, 0.15) is 0 Å². The van der Waals surface area contributed by atoms with Crippen molar-refractivity contribution in [3.05, 3.63) is 0 Å². The third kappa shape index (κ3) is 1.41. The van der Waals surface area contributed by atoms with Crippen LogP contribution in [0.5, 0.6) is 0 Å². The molecule has 1 aliphatic carbocycles. The number of piperidine rings is 1. The van der Waals surface area contributed by atoms with Gasteiger partial charge in [0.05, 0.1) is 0 Å². The largest absolute Gasteiger partial charge is 0.316 e. The normalized spacial score (nSPS) is 45.7. The van der Waals surface area contributed by atoms with Gasteiger partial charge in [0.25, 0.3) is 0 Å². The van der Waals surface area contributed by atoms with Crippen LogP contribution in [0, 0.1) is 17.3 Å². The average molecular weight is 181 g/mol. The molecule has 1 spiro atoms. The SMILES string of the molecule is CCC1CCCC12CCNCC2C. The number of hydrogen-bond donors (Lipinski definition) is 1. The van der Waals surface area contributed by atoms with Gasteiger partial charge in [-0.25, -0.2) is 0 Å². The molecule has 0 bridgehead atoms. The Hall–Kier alpha value is -0.0400. The predicted octanol–water partition coefficient (Wildman–Crippen LogP) is 2.81. The zero-order valence-corrected chi connectivity index (χ0v) is 9.10. The minimum Gasteiger partial charge on any atom is -0.316 e. The van der Waals surface area contributed by atoms with Gasteiger partial charge in [0.15, 0.2) is 0 Å². The van der Waals surface area contributed by atoms with Gasteiger partial charge in [0, 0.05) is 0 Å². The summed E-state index contributed by atoms with van der Waals surface area (Å²) in [6.45, 7) is 7.37. The zero-order chi connectivity index (χ0) is 9.31. The highest BCUT2D eigenvalue weighted by Crippen LogP contribution is 2.53. The molecule has 1 nitrogen and oxygen atoms in total. The molecule has 1 saturated carbocycles. The fourth-order valence-electron chi connectivity index (χ4n) is 3.85. The Bertz CT molecular complexity index is 178. The van der Waals surface area contributed by atoms with Crippen LogP contribution in [-0.4, -0.2) is 13.1 Å². The molecule has 0 radical (unpaired) electrons. The maximum absolute atomic E-state index is 3.53. The quantitative estimate of drug-likeness (QED) is 0.656. The number of hydrogen-bond acceptors (Lipinski definition) is 1. The van der Waals surface area contributed by atoms with Gasteiger partial charge in [-0.05, 0) is 49.6 Å². The molecule has 13 heavy (non-hydrogen) atoms.